The Morgan fingerprint density at radius 2 is 1.67 bits per heavy atom. The molecule has 0 aliphatic carbocycles. The van der Waals surface area contributed by atoms with Gasteiger partial charge in [-0.15, -0.1) is 11.3 Å². The van der Waals surface area contributed by atoms with Gasteiger partial charge in [-0.2, -0.15) is 0 Å². The summed E-state index contributed by atoms with van der Waals surface area (Å²) in [6, 6.07) is 1.66. The third kappa shape index (κ3) is 5.03. The lowest BCUT2D eigenvalue weighted by Gasteiger charge is -2.34. The zero-order chi connectivity index (χ0) is 20.9. The van der Waals surface area contributed by atoms with Crippen LogP contribution in [0, 0.1) is 0 Å². The third-order valence-corrected chi connectivity index (χ3v) is 6.16. The fraction of sp³-hybridized carbons (Fsp3) is 0.526. The maximum Gasteiger partial charge on any atom is 0.323 e. The van der Waals surface area contributed by atoms with E-state index in [4.69, 9.17) is 0 Å². The van der Waals surface area contributed by atoms with Gasteiger partial charge in [0.1, 0.15) is 0 Å². The van der Waals surface area contributed by atoms with E-state index in [-0.39, 0.29) is 18.4 Å². The van der Waals surface area contributed by atoms with Crippen molar-refractivity contribution in [2.75, 3.05) is 69.6 Å². The smallest absolute Gasteiger partial charge is 0.323 e. The molecule has 0 atom stereocenters. The van der Waals surface area contributed by atoms with Crippen molar-refractivity contribution in [3.05, 3.63) is 29.5 Å². The van der Waals surface area contributed by atoms with Gasteiger partial charge in [0.15, 0.2) is 5.13 Å². The molecule has 2 aliphatic rings. The predicted molar refractivity (Wildman–Crippen MR) is 115 cm³/mol. The summed E-state index contributed by atoms with van der Waals surface area (Å²) in [4.78, 5) is 45.9. The van der Waals surface area contributed by atoms with Crippen molar-refractivity contribution >= 4 is 34.4 Å². The van der Waals surface area contributed by atoms with Gasteiger partial charge in [0.25, 0.3) is 0 Å². The Morgan fingerprint density at radius 3 is 2.37 bits per heavy atom. The number of likely N-dealkylation sites (N-methyl/N-ethyl adjacent to an activating group) is 1. The first-order chi connectivity index (χ1) is 14.6. The van der Waals surface area contributed by atoms with Crippen LogP contribution in [0.1, 0.15) is 5.69 Å². The summed E-state index contributed by atoms with van der Waals surface area (Å²) >= 11 is 1.35. The van der Waals surface area contributed by atoms with Gasteiger partial charge in [-0.3, -0.25) is 10.1 Å². The molecule has 2 aromatic heterocycles. The summed E-state index contributed by atoms with van der Waals surface area (Å²) in [5, 5.41) is 5.23. The van der Waals surface area contributed by atoms with Crippen LogP contribution in [0.5, 0.6) is 0 Å². The van der Waals surface area contributed by atoms with Gasteiger partial charge >= 0.3 is 6.03 Å². The second kappa shape index (κ2) is 9.35. The van der Waals surface area contributed by atoms with Crippen LogP contribution in [0.15, 0.2) is 23.8 Å². The molecule has 3 amide bonds. The lowest BCUT2D eigenvalue weighted by molar-refractivity contribution is -0.130. The summed E-state index contributed by atoms with van der Waals surface area (Å²) in [6.45, 7) is 5.84. The summed E-state index contributed by atoms with van der Waals surface area (Å²) in [5.41, 5.74) is 0.687. The number of carbonyl (C=O) groups is 2. The number of amides is 3. The van der Waals surface area contributed by atoms with Gasteiger partial charge in [0.2, 0.25) is 11.9 Å². The number of piperazine rings is 2. The van der Waals surface area contributed by atoms with Crippen LogP contribution in [0.3, 0.4) is 0 Å². The molecule has 2 aliphatic heterocycles. The zero-order valence-electron chi connectivity index (χ0n) is 17.0. The maximum atomic E-state index is 12.7. The van der Waals surface area contributed by atoms with Crippen LogP contribution in [0.2, 0.25) is 0 Å². The van der Waals surface area contributed by atoms with E-state index in [9.17, 15) is 9.59 Å². The van der Waals surface area contributed by atoms with Gasteiger partial charge in [-0.25, -0.2) is 19.7 Å². The molecule has 4 heterocycles. The van der Waals surface area contributed by atoms with Crippen molar-refractivity contribution < 1.29 is 9.59 Å². The maximum absolute atomic E-state index is 12.7. The zero-order valence-corrected chi connectivity index (χ0v) is 17.8. The van der Waals surface area contributed by atoms with E-state index in [1.165, 1.54) is 11.3 Å². The normalized spacial score (nSPS) is 17.8. The minimum absolute atomic E-state index is 0.0471. The van der Waals surface area contributed by atoms with E-state index in [1.807, 2.05) is 10.3 Å². The van der Waals surface area contributed by atoms with Crippen molar-refractivity contribution in [3.8, 4) is 0 Å². The quantitative estimate of drug-likeness (QED) is 0.759. The minimum atomic E-state index is -0.130. The number of aromatic nitrogens is 3. The van der Waals surface area contributed by atoms with E-state index in [1.54, 1.807) is 23.4 Å². The highest BCUT2D eigenvalue weighted by molar-refractivity contribution is 7.13. The van der Waals surface area contributed by atoms with E-state index in [0.29, 0.717) is 56.0 Å². The number of nitrogens with one attached hydrogen (secondary N) is 1. The lowest BCUT2D eigenvalue weighted by Crippen LogP contribution is -2.49. The number of carbonyl (C=O) groups excluding carboxylic acids is 2. The van der Waals surface area contributed by atoms with Gasteiger partial charge in [0.05, 0.1) is 12.1 Å². The molecule has 0 unspecified atom stereocenters. The highest BCUT2D eigenvalue weighted by Crippen LogP contribution is 2.18. The van der Waals surface area contributed by atoms with Gasteiger partial charge in [-0.1, -0.05) is 0 Å². The van der Waals surface area contributed by atoms with E-state index < -0.39 is 0 Å². The second-order valence-corrected chi connectivity index (χ2v) is 8.32. The monoisotopic (exact) mass is 430 g/mol. The lowest BCUT2D eigenvalue weighted by atomic mass is 10.2. The second-order valence-electron chi connectivity index (χ2n) is 7.46. The molecule has 2 fully saturated rings. The fourth-order valence-corrected chi connectivity index (χ4v) is 4.20. The van der Waals surface area contributed by atoms with Gasteiger partial charge in [-0.05, 0) is 13.1 Å². The van der Waals surface area contributed by atoms with Crippen LogP contribution < -0.4 is 10.2 Å². The number of hydrogen-bond acceptors (Lipinski definition) is 8. The van der Waals surface area contributed by atoms with Crippen molar-refractivity contribution in [3.63, 3.8) is 0 Å². The van der Waals surface area contributed by atoms with Crippen molar-refractivity contribution in [1.82, 2.24) is 29.7 Å². The van der Waals surface area contributed by atoms with Gasteiger partial charge < -0.3 is 19.6 Å². The molecule has 11 heteroatoms. The predicted octanol–water partition coefficient (Wildman–Crippen LogP) is 0.604. The van der Waals surface area contributed by atoms with Crippen LogP contribution >= 0.6 is 11.3 Å². The minimum Gasteiger partial charge on any atom is -0.339 e. The topological polar surface area (TPSA) is 97.8 Å². The van der Waals surface area contributed by atoms with Crippen molar-refractivity contribution in [2.24, 2.45) is 0 Å². The molecule has 0 saturated carbocycles. The molecule has 0 spiro atoms. The SMILES string of the molecule is CN1CCN(C(=O)Nc2nc(CC(=O)N3CCN(c4ncccn4)CC3)cs2)CC1. The average Bonchev–Trinajstić information content (AvgIpc) is 3.21. The molecule has 10 nitrogen and oxygen atoms in total. The first-order valence-corrected chi connectivity index (χ1v) is 10.9. The van der Waals surface area contributed by atoms with Crippen LogP contribution in [-0.4, -0.2) is 101 Å². The molecule has 1 N–H and O–H groups in total. The van der Waals surface area contributed by atoms with Crippen molar-refractivity contribution in [1.29, 1.82) is 0 Å². The standard InChI is InChI=1S/C19H26N8O2S/c1-24-5-7-27(8-6-24)19(29)23-18-22-15(14-30-18)13-16(28)25-9-11-26(12-10-25)17-20-3-2-4-21-17/h2-4,14H,5-13H2,1H3,(H,22,23,29). The first kappa shape index (κ1) is 20.5. The van der Waals surface area contributed by atoms with Gasteiger partial charge in [0, 0.05) is 70.1 Å². The van der Waals surface area contributed by atoms with Crippen LogP contribution in [-0.2, 0) is 11.2 Å². The number of urea groups is 1. The Morgan fingerprint density at radius 1 is 1.00 bits per heavy atom. The number of thiazole rings is 1. The third-order valence-electron chi connectivity index (χ3n) is 5.36. The fourth-order valence-electron chi connectivity index (χ4n) is 3.50. The Bertz CT molecular complexity index is 860. The summed E-state index contributed by atoms with van der Waals surface area (Å²) < 4.78 is 0. The Labute approximate surface area is 179 Å². The highest BCUT2D eigenvalue weighted by Gasteiger charge is 2.24. The summed E-state index contributed by atoms with van der Waals surface area (Å²) in [5.74, 6) is 0.746. The highest BCUT2D eigenvalue weighted by atomic mass is 32.1. The molecule has 2 aromatic rings. The van der Waals surface area contributed by atoms with Crippen LogP contribution in [0.25, 0.3) is 0 Å². The molecule has 0 radical (unpaired) electrons. The molecular weight excluding hydrogens is 404 g/mol. The Balaban J connectivity index is 1.25. The molecule has 30 heavy (non-hydrogen) atoms. The summed E-state index contributed by atoms with van der Waals surface area (Å²) in [7, 11) is 2.05. The molecule has 0 aromatic carbocycles. The molecular formula is C19H26N8O2S. The molecule has 4 rings (SSSR count). The first-order valence-electron chi connectivity index (χ1n) is 10.1. The Kier molecular flexibility index (Phi) is 6.38. The number of rotatable bonds is 4. The summed E-state index contributed by atoms with van der Waals surface area (Å²) in [6.07, 6.45) is 3.69. The van der Waals surface area contributed by atoms with Crippen LogP contribution in [0.4, 0.5) is 15.9 Å². The van der Waals surface area contributed by atoms with E-state index in [0.717, 1.165) is 13.1 Å². The largest absolute Gasteiger partial charge is 0.339 e. The molecule has 0 bridgehead atoms. The van der Waals surface area contributed by atoms with Crippen molar-refractivity contribution in [2.45, 2.75) is 6.42 Å². The molecule has 2 saturated heterocycles. The van der Waals surface area contributed by atoms with E-state index in [2.05, 4.69) is 37.1 Å². The molecule has 160 valence electrons. The average molecular weight is 431 g/mol. The number of nitrogens with zero attached hydrogens (tertiary/aromatic N) is 7. The number of hydrogen-bond donors (Lipinski definition) is 1. The Hall–Kier alpha value is -2.79. The van der Waals surface area contributed by atoms with E-state index >= 15 is 0 Å². The number of anilines is 2.